The summed E-state index contributed by atoms with van der Waals surface area (Å²) in [6.45, 7) is -0.559. The van der Waals surface area contributed by atoms with Crippen LogP contribution in [0.25, 0.3) is 0 Å². The molecule has 2 aromatic rings. The Morgan fingerprint density at radius 1 is 0.864 bits per heavy atom. The fraction of sp³-hybridized carbons (Fsp3) is 0.0625. The number of nitrogens with zero attached hydrogens (tertiary/aromatic N) is 1. The minimum Gasteiger partial charge on any atom is -0.480 e. The standard InChI is InChI=1S/C16H13NO4S/c18-14(19)11-17(15(20)12-7-3-1-4-8-12)22-16(21)13-9-5-2-6-10-13/h1-10H,11H2,(H,18,19). The smallest absolute Gasteiger partial charge is 0.324 e. The minimum absolute atomic E-state index is 0.331. The Morgan fingerprint density at radius 2 is 1.36 bits per heavy atom. The number of aliphatic carboxylic acids is 1. The molecule has 0 atom stereocenters. The van der Waals surface area contributed by atoms with Crippen LogP contribution in [-0.4, -0.2) is 32.9 Å². The van der Waals surface area contributed by atoms with Crippen molar-refractivity contribution in [2.45, 2.75) is 0 Å². The topological polar surface area (TPSA) is 74.7 Å². The van der Waals surface area contributed by atoms with Crippen molar-refractivity contribution in [2.24, 2.45) is 0 Å². The highest BCUT2D eigenvalue weighted by Crippen LogP contribution is 2.20. The summed E-state index contributed by atoms with van der Waals surface area (Å²) < 4.78 is 0.951. The molecule has 0 fully saturated rings. The van der Waals surface area contributed by atoms with Crippen LogP contribution < -0.4 is 0 Å². The van der Waals surface area contributed by atoms with E-state index >= 15 is 0 Å². The van der Waals surface area contributed by atoms with Gasteiger partial charge in [0.25, 0.3) is 5.91 Å². The highest BCUT2D eigenvalue weighted by atomic mass is 32.2. The molecule has 0 radical (unpaired) electrons. The number of amides is 1. The molecule has 0 aliphatic rings. The van der Waals surface area contributed by atoms with E-state index in [1.54, 1.807) is 60.7 Å². The maximum absolute atomic E-state index is 12.3. The van der Waals surface area contributed by atoms with Gasteiger partial charge in [-0.3, -0.25) is 18.7 Å². The fourth-order valence-corrected chi connectivity index (χ4v) is 2.53. The third kappa shape index (κ3) is 4.20. The van der Waals surface area contributed by atoms with Crippen LogP contribution in [0.2, 0.25) is 0 Å². The second-order valence-electron chi connectivity index (χ2n) is 4.35. The molecule has 0 aliphatic carbocycles. The first-order valence-electron chi connectivity index (χ1n) is 6.44. The summed E-state index contributed by atoms with van der Waals surface area (Å²) in [7, 11) is 0. The fourth-order valence-electron chi connectivity index (χ4n) is 1.72. The van der Waals surface area contributed by atoms with E-state index in [2.05, 4.69) is 0 Å². The maximum atomic E-state index is 12.3. The highest BCUT2D eigenvalue weighted by Gasteiger charge is 2.23. The monoisotopic (exact) mass is 315 g/mol. The zero-order valence-corrected chi connectivity index (χ0v) is 12.3. The van der Waals surface area contributed by atoms with Crippen molar-refractivity contribution in [3.8, 4) is 0 Å². The second kappa shape index (κ2) is 7.42. The highest BCUT2D eigenvalue weighted by molar-refractivity contribution is 8.12. The number of rotatable bonds is 4. The van der Waals surface area contributed by atoms with Crippen molar-refractivity contribution in [3.05, 3.63) is 71.8 Å². The number of carboxylic acid groups (broad SMARTS) is 1. The molecular weight excluding hydrogens is 302 g/mol. The van der Waals surface area contributed by atoms with Gasteiger partial charge in [-0.05, 0) is 12.1 Å². The Morgan fingerprint density at radius 3 is 1.86 bits per heavy atom. The number of hydrogen-bond donors (Lipinski definition) is 1. The van der Waals surface area contributed by atoms with Crippen molar-refractivity contribution in [1.82, 2.24) is 4.31 Å². The molecule has 1 amide bonds. The normalized spacial score (nSPS) is 10.0. The molecule has 0 unspecified atom stereocenters. The predicted molar refractivity (Wildman–Crippen MR) is 83.5 cm³/mol. The molecule has 0 aromatic heterocycles. The van der Waals surface area contributed by atoms with Crippen molar-refractivity contribution in [2.75, 3.05) is 6.54 Å². The molecule has 0 aliphatic heterocycles. The van der Waals surface area contributed by atoms with E-state index in [-0.39, 0.29) is 5.12 Å². The summed E-state index contributed by atoms with van der Waals surface area (Å²) in [5.41, 5.74) is 0.737. The molecule has 5 nitrogen and oxygen atoms in total. The van der Waals surface area contributed by atoms with E-state index < -0.39 is 18.4 Å². The van der Waals surface area contributed by atoms with Crippen molar-refractivity contribution in [3.63, 3.8) is 0 Å². The molecule has 0 spiro atoms. The Kier molecular flexibility index (Phi) is 5.32. The SMILES string of the molecule is O=C(O)CN(SC(=O)c1ccccc1)C(=O)c1ccccc1. The van der Waals surface area contributed by atoms with Crippen LogP contribution in [0.3, 0.4) is 0 Å². The molecule has 112 valence electrons. The Labute approximate surface area is 131 Å². The second-order valence-corrected chi connectivity index (χ2v) is 5.34. The summed E-state index contributed by atoms with van der Waals surface area (Å²) >= 11 is 0.593. The number of carbonyl (C=O) groups excluding carboxylic acids is 2. The van der Waals surface area contributed by atoms with Gasteiger partial charge in [0.05, 0.1) is 0 Å². The summed E-state index contributed by atoms with van der Waals surface area (Å²) in [6.07, 6.45) is 0. The molecule has 1 N–H and O–H groups in total. The maximum Gasteiger partial charge on any atom is 0.324 e. The van der Waals surface area contributed by atoms with Crippen LogP contribution in [0.15, 0.2) is 60.7 Å². The summed E-state index contributed by atoms with van der Waals surface area (Å²) in [4.78, 5) is 35.4. The first-order valence-corrected chi connectivity index (χ1v) is 7.21. The lowest BCUT2D eigenvalue weighted by Gasteiger charge is -2.18. The molecule has 22 heavy (non-hydrogen) atoms. The Balaban J connectivity index is 2.18. The lowest BCUT2D eigenvalue weighted by molar-refractivity contribution is -0.136. The van der Waals surface area contributed by atoms with Gasteiger partial charge in [0, 0.05) is 23.1 Å². The quantitative estimate of drug-likeness (QED) is 0.878. The predicted octanol–water partition coefficient (Wildman–Crippen LogP) is 2.70. The average Bonchev–Trinajstić information content (AvgIpc) is 2.54. The van der Waals surface area contributed by atoms with Gasteiger partial charge >= 0.3 is 5.97 Å². The van der Waals surface area contributed by atoms with Crippen LogP contribution in [0.5, 0.6) is 0 Å². The Hall–Kier alpha value is -2.60. The molecule has 0 saturated heterocycles. The van der Waals surface area contributed by atoms with E-state index in [1.807, 2.05) is 0 Å². The molecule has 2 aromatic carbocycles. The van der Waals surface area contributed by atoms with Crippen molar-refractivity contribution < 1.29 is 19.5 Å². The van der Waals surface area contributed by atoms with Gasteiger partial charge in [0.1, 0.15) is 6.54 Å². The van der Waals surface area contributed by atoms with Gasteiger partial charge in [-0.2, -0.15) is 0 Å². The Bertz CT molecular complexity index is 673. The van der Waals surface area contributed by atoms with E-state index in [9.17, 15) is 14.4 Å². The molecule has 2 rings (SSSR count). The van der Waals surface area contributed by atoms with Crippen LogP contribution in [0.1, 0.15) is 20.7 Å². The van der Waals surface area contributed by atoms with Gasteiger partial charge in [-0.15, -0.1) is 0 Å². The molecule has 0 heterocycles. The largest absolute Gasteiger partial charge is 0.480 e. The summed E-state index contributed by atoms with van der Waals surface area (Å²) in [6, 6.07) is 16.7. The third-order valence-corrected chi connectivity index (χ3v) is 3.65. The average molecular weight is 315 g/mol. The van der Waals surface area contributed by atoms with E-state index in [0.29, 0.717) is 23.1 Å². The van der Waals surface area contributed by atoms with E-state index in [4.69, 9.17) is 5.11 Å². The van der Waals surface area contributed by atoms with Gasteiger partial charge in [0.15, 0.2) is 0 Å². The zero-order chi connectivity index (χ0) is 15.9. The van der Waals surface area contributed by atoms with Gasteiger partial charge < -0.3 is 5.11 Å². The van der Waals surface area contributed by atoms with Crippen LogP contribution in [0, 0.1) is 0 Å². The van der Waals surface area contributed by atoms with E-state index in [1.165, 1.54) is 0 Å². The van der Waals surface area contributed by atoms with Gasteiger partial charge in [-0.25, -0.2) is 0 Å². The number of carbonyl (C=O) groups is 3. The summed E-state index contributed by atoms with van der Waals surface area (Å²) in [5, 5.41) is 8.56. The summed E-state index contributed by atoms with van der Waals surface area (Å²) in [5.74, 6) is -1.70. The van der Waals surface area contributed by atoms with Crippen LogP contribution in [-0.2, 0) is 4.79 Å². The minimum atomic E-state index is -1.18. The lowest BCUT2D eigenvalue weighted by atomic mass is 10.2. The molecule has 0 bridgehead atoms. The lowest BCUT2D eigenvalue weighted by Crippen LogP contribution is -2.31. The van der Waals surface area contributed by atoms with Crippen molar-refractivity contribution >= 4 is 28.9 Å². The van der Waals surface area contributed by atoms with Gasteiger partial charge in [0.2, 0.25) is 5.12 Å². The third-order valence-electron chi connectivity index (χ3n) is 2.73. The number of carboxylic acids is 1. The first kappa shape index (κ1) is 15.8. The van der Waals surface area contributed by atoms with Crippen LogP contribution in [0.4, 0.5) is 0 Å². The van der Waals surface area contributed by atoms with Crippen molar-refractivity contribution in [1.29, 1.82) is 0 Å². The van der Waals surface area contributed by atoms with Crippen LogP contribution >= 0.6 is 11.9 Å². The number of benzene rings is 2. The molecular formula is C16H13NO4S. The zero-order valence-electron chi connectivity index (χ0n) is 11.5. The van der Waals surface area contributed by atoms with Gasteiger partial charge in [-0.1, -0.05) is 48.5 Å². The first-order chi connectivity index (χ1) is 10.6. The molecule has 6 heteroatoms. The van der Waals surface area contributed by atoms with E-state index in [0.717, 1.165) is 4.31 Å². The molecule has 0 saturated carbocycles. The number of hydrogen-bond acceptors (Lipinski definition) is 4.